The van der Waals surface area contributed by atoms with Crippen molar-refractivity contribution in [3.05, 3.63) is 0 Å². The maximum absolute atomic E-state index is 11.4. The Hall–Kier alpha value is -1.15. The molecule has 0 aliphatic rings. The first kappa shape index (κ1) is 13.8. The van der Waals surface area contributed by atoms with E-state index >= 15 is 0 Å². The molecule has 0 aliphatic heterocycles. The van der Waals surface area contributed by atoms with Crippen molar-refractivity contribution in [1.82, 2.24) is 4.72 Å². The van der Waals surface area contributed by atoms with Crippen molar-refractivity contribution in [3.8, 4) is 0 Å². The van der Waals surface area contributed by atoms with Crippen LogP contribution in [0.15, 0.2) is 0 Å². The van der Waals surface area contributed by atoms with Crippen LogP contribution in [0, 0.1) is 0 Å². The SMILES string of the molecule is COC(=O)C(C)S(=O)(=O)N[C@H](C)C(=O)O. The van der Waals surface area contributed by atoms with E-state index in [2.05, 4.69) is 4.74 Å². The Balaban J connectivity index is 4.70. The van der Waals surface area contributed by atoms with Gasteiger partial charge in [-0.2, -0.15) is 0 Å². The summed E-state index contributed by atoms with van der Waals surface area (Å²) in [5.74, 6) is -2.27. The Morgan fingerprint density at radius 2 is 1.80 bits per heavy atom. The van der Waals surface area contributed by atoms with E-state index in [1.807, 2.05) is 4.72 Å². The highest BCUT2D eigenvalue weighted by molar-refractivity contribution is 7.90. The molecule has 0 radical (unpaired) electrons. The van der Waals surface area contributed by atoms with Crippen molar-refractivity contribution in [3.63, 3.8) is 0 Å². The number of ether oxygens (including phenoxy) is 1. The zero-order valence-corrected chi connectivity index (χ0v) is 9.37. The number of rotatable bonds is 5. The maximum Gasteiger partial charge on any atom is 0.325 e. The van der Waals surface area contributed by atoms with Crippen molar-refractivity contribution < 1.29 is 27.9 Å². The van der Waals surface area contributed by atoms with Gasteiger partial charge in [0.1, 0.15) is 6.04 Å². The zero-order chi connectivity index (χ0) is 12.2. The molecule has 0 rings (SSSR count). The Morgan fingerprint density at radius 1 is 1.33 bits per heavy atom. The zero-order valence-electron chi connectivity index (χ0n) is 8.55. The van der Waals surface area contributed by atoms with Gasteiger partial charge < -0.3 is 9.84 Å². The van der Waals surface area contributed by atoms with Gasteiger partial charge in [0.25, 0.3) is 0 Å². The molecule has 2 N–H and O–H groups in total. The lowest BCUT2D eigenvalue weighted by Crippen LogP contribution is -2.45. The number of carboxylic acids is 1. The monoisotopic (exact) mass is 239 g/mol. The number of hydrogen-bond acceptors (Lipinski definition) is 5. The van der Waals surface area contributed by atoms with E-state index in [9.17, 15) is 18.0 Å². The van der Waals surface area contributed by atoms with Crippen LogP contribution in [0.4, 0.5) is 0 Å². The van der Waals surface area contributed by atoms with Gasteiger partial charge in [0.05, 0.1) is 7.11 Å². The van der Waals surface area contributed by atoms with Gasteiger partial charge in [-0.1, -0.05) is 0 Å². The number of methoxy groups -OCH3 is 1. The summed E-state index contributed by atoms with van der Waals surface area (Å²) in [6, 6.07) is -1.29. The lowest BCUT2D eigenvalue weighted by atomic mass is 10.4. The minimum atomic E-state index is -4.02. The molecule has 8 heteroatoms. The van der Waals surface area contributed by atoms with E-state index in [1.165, 1.54) is 0 Å². The van der Waals surface area contributed by atoms with E-state index < -0.39 is 33.3 Å². The third kappa shape index (κ3) is 3.84. The fourth-order valence-corrected chi connectivity index (χ4v) is 1.84. The van der Waals surface area contributed by atoms with Crippen LogP contribution in [-0.4, -0.2) is 43.9 Å². The van der Waals surface area contributed by atoms with Gasteiger partial charge in [0.2, 0.25) is 10.0 Å². The summed E-state index contributed by atoms with van der Waals surface area (Å²) in [6.45, 7) is 2.27. The van der Waals surface area contributed by atoms with E-state index in [1.54, 1.807) is 0 Å². The predicted molar refractivity (Wildman–Crippen MR) is 50.6 cm³/mol. The molecule has 0 aromatic carbocycles. The number of esters is 1. The van der Waals surface area contributed by atoms with Crippen LogP contribution in [0.1, 0.15) is 13.8 Å². The third-order valence-corrected chi connectivity index (χ3v) is 3.52. The van der Waals surface area contributed by atoms with E-state index in [0.29, 0.717) is 0 Å². The van der Waals surface area contributed by atoms with Crippen molar-refractivity contribution in [2.45, 2.75) is 25.1 Å². The van der Waals surface area contributed by atoms with Crippen LogP contribution >= 0.6 is 0 Å². The average Bonchev–Trinajstić information content (AvgIpc) is 2.14. The molecule has 0 aromatic rings. The largest absolute Gasteiger partial charge is 0.480 e. The van der Waals surface area contributed by atoms with Crippen LogP contribution in [0.5, 0.6) is 0 Å². The van der Waals surface area contributed by atoms with Crippen molar-refractivity contribution in [1.29, 1.82) is 0 Å². The molecule has 0 saturated heterocycles. The van der Waals surface area contributed by atoms with Crippen molar-refractivity contribution in [2.75, 3.05) is 7.11 Å². The molecule has 7 nitrogen and oxygen atoms in total. The molecule has 2 atom stereocenters. The highest BCUT2D eigenvalue weighted by Gasteiger charge is 2.31. The fourth-order valence-electron chi connectivity index (χ4n) is 0.692. The smallest absolute Gasteiger partial charge is 0.325 e. The first-order chi connectivity index (χ1) is 6.72. The number of carbonyl (C=O) groups is 2. The van der Waals surface area contributed by atoms with Crippen LogP contribution in [0.2, 0.25) is 0 Å². The van der Waals surface area contributed by atoms with Crippen LogP contribution in [0.3, 0.4) is 0 Å². The first-order valence-electron chi connectivity index (χ1n) is 4.04. The summed E-state index contributed by atoms with van der Waals surface area (Å²) in [6.07, 6.45) is 0. The highest BCUT2D eigenvalue weighted by atomic mass is 32.2. The van der Waals surface area contributed by atoms with Gasteiger partial charge >= 0.3 is 11.9 Å². The number of carbonyl (C=O) groups excluding carboxylic acids is 1. The molecule has 0 aromatic heterocycles. The summed E-state index contributed by atoms with van der Waals surface area (Å²) in [5, 5.41) is 7.04. The van der Waals surface area contributed by atoms with Gasteiger partial charge in [0, 0.05) is 0 Å². The molecule has 0 spiro atoms. The fraction of sp³-hybridized carbons (Fsp3) is 0.714. The number of hydrogen-bond donors (Lipinski definition) is 2. The molecular weight excluding hydrogens is 226 g/mol. The Kier molecular flexibility index (Phi) is 4.69. The quantitative estimate of drug-likeness (QED) is 0.592. The summed E-state index contributed by atoms with van der Waals surface area (Å²) in [4.78, 5) is 21.3. The number of aliphatic carboxylic acids is 1. The minimum absolute atomic E-state index is 0.944. The van der Waals surface area contributed by atoms with Gasteiger partial charge in [-0.3, -0.25) is 9.59 Å². The molecule has 88 valence electrons. The molecule has 0 saturated carbocycles. The standard InChI is InChI=1S/C7H13NO6S/c1-4(6(9)10)8-15(12,13)5(2)7(11)14-3/h4-5,8H,1-3H3,(H,9,10)/t4-,5?/m1/s1. The number of sulfonamides is 1. The molecular formula is C7H13NO6S. The molecule has 0 fully saturated rings. The molecule has 0 bridgehead atoms. The highest BCUT2D eigenvalue weighted by Crippen LogP contribution is 2.02. The summed E-state index contributed by atoms with van der Waals surface area (Å²) in [7, 11) is -2.97. The second-order valence-electron chi connectivity index (χ2n) is 2.89. The Bertz CT molecular complexity index is 348. The van der Waals surface area contributed by atoms with Gasteiger partial charge in [0.15, 0.2) is 5.25 Å². The van der Waals surface area contributed by atoms with Crippen LogP contribution in [-0.2, 0) is 24.3 Å². The summed E-state index contributed by atoms with van der Waals surface area (Å²) in [5.41, 5.74) is 0. The summed E-state index contributed by atoms with van der Waals surface area (Å²) >= 11 is 0. The molecule has 1 unspecified atom stereocenters. The van der Waals surface area contributed by atoms with E-state index in [0.717, 1.165) is 21.0 Å². The van der Waals surface area contributed by atoms with Crippen LogP contribution < -0.4 is 4.72 Å². The molecule has 0 amide bonds. The lowest BCUT2D eigenvalue weighted by molar-refractivity contribution is -0.140. The average molecular weight is 239 g/mol. The van der Waals surface area contributed by atoms with E-state index in [-0.39, 0.29) is 0 Å². The second kappa shape index (κ2) is 5.08. The van der Waals surface area contributed by atoms with E-state index in [4.69, 9.17) is 5.11 Å². The molecule has 0 heterocycles. The topological polar surface area (TPSA) is 110 Å². The summed E-state index contributed by atoms with van der Waals surface area (Å²) < 4.78 is 28.8. The van der Waals surface area contributed by atoms with Gasteiger partial charge in [-0.25, -0.2) is 13.1 Å². The predicted octanol–water partition coefficient (Wildman–Crippen LogP) is -1.06. The molecule has 15 heavy (non-hydrogen) atoms. The van der Waals surface area contributed by atoms with Crippen molar-refractivity contribution in [2.24, 2.45) is 0 Å². The molecule has 0 aliphatic carbocycles. The first-order valence-corrected chi connectivity index (χ1v) is 5.58. The van der Waals surface area contributed by atoms with Crippen LogP contribution in [0.25, 0.3) is 0 Å². The minimum Gasteiger partial charge on any atom is -0.480 e. The van der Waals surface area contributed by atoms with Crippen molar-refractivity contribution >= 4 is 22.0 Å². The number of carboxylic acid groups (broad SMARTS) is 1. The Labute approximate surface area is 87.5 Å². The third-order valence-electron chi connectivity index (χ3n) is 1.71. The van der Waals surface area contributed by atoms with Gasteiger partial charge in [-0.05, 0) is 13.8 Å². The Morgan fingerprint density at radius 3 is 2.13 bits per heavy atom. The second-order valence-corrected chi connectivity index (χ2v) is 4.92. The normalized spacial score (nSPS) is 15.4. The maximum atomic E-state index is 11.4. The lowest BCUT2D eigenvalue weighted by Gasteiger charge is -2.14. The van der Waals surface area contributed by atoms with Gasteiger partial charge in [-0.15, -0.1) is 0 Å². The number of nitrogens with one attached hydrogen (secondary N) is 1.